The molecule has 19 heavy (non-hydrogen) atoms. The number of nitrogen functional groups attached to an aromatic ring is 1. The van der Waals surface area contributed by atoms with Crippen molar-refractivity contribution in [1.82, 2.24) is 4.90 Å². The van der Waals surface area contributed by atoms with Crippen LogP contribution in [0.5, 0.6) is 0 Å². The van der Waals surface area contributed by atoms with E-state index in [1.54, 1.807) is 12.1 Å². The first-order valence-electron chi connectivity index (χ1n) is 6.14. The van der Waals surface area contributed by atoms with Crippen molar-refractivity contribution < 1.29 is 13.5 Å². The van der Waals surface area contributed by atoms with Gasteiger partial charge in [0.1, 0.15) is 0 Å². The molecule has 3 N–H and O–H groups in total. The average molecular weight is 273 g/mol. The fourth-order valence-electron chi connectivity index (χ4n) is 1.53. The van der Waals surface area contributed by atoms with Gasteiger partial charge in [-0.25, -0.2) is 8.78 Å². The van der Waals surface area contributed by atoms with E-state index >= 15 is 0 Å². The molecule has 0 bridgehead atoms. The van der Waals surface area contributed by atoms with Crippen LogP contribution in [-0.2, 0) is 4.74 Å². The highest BCUT2D eigenvalue weighted by Gasteiger charge is 2.12. The van der Waals surface area contributed by atoms with Gasteiger partial charge in [-0.2, -0.15) is 0 Å². The lowest BCUT2D eigenvalue weighted by atomic mass is 10.1. The zero-order valence-electron chi connectivity index (χ0n) is 11.3. The molecule has 4 nitrogen and oxygen atoms in total. The summed E-state index contributed by atoms with van der Waals surface area (Å²) in [5.41, 5.74) is 6.16. The van der Waals surface area contributed by atoms with Crippen molar-refractivity contribution >= 4 is 11.4 Å². The Morgan fingerprint density at radius 3 is 2.68 bits per heavy atom. The highest BCUT2D eigenvalue weighted by atomic mass is 19.3. The van der Waals surface area contributed by atoms with E-state index in [-0.39, 0.29) is 5.56 Å². The fourth-order valence-corrected chi connectivity index (χ4v) is 1.53. The van der Waals surface area contributed by atoms with E-state index in [2.05, 4.69) is 5.32 Å². The fraction of sp³-hybridized carbons (Fsp3) is 0.538. The third kappa shape index (κ3) is 5.85. The smallest absolute Gasteiger partial charge is 0.265 e. The highest BCUT2D eigenvalue weighted by Crippen LogP contribution is 2.28. The summed E-state index contributed by atoms with van der Waals surface area (Å²) >= 11 is 0. The van der Waals surface area contributed by atoms with Gasteiger partial charge >= 0.3 is 0 Å². The van der Waals surface area contributed by atoms with Gasteiger partial charge in [-0.05, 0) is 32.3 Å². The molecule has 1 aromatic rings. The second kappa shape index (κ2) is 7.91. The Morgan fingerprint density at radius 2 is 2.05 bits per heavy atom. The molecule has 0 spiro atoms. The summed E-state index contributed by atoms with van der Waals surface area (Å²) in [5.74, 6) is 0. The summed E-state index contributed by atoms with van der Waals surface area (Å²) in [7, 11) is 3.93. The number of benzene rings is 1. The first-order valence-corrected chi connectivity index (χ1v) is 6.14. The summed E-state index contributed by atoms with van der Waals surface area (Å²) < 4.78 is 31.0. The van der Waals surface area contributed by atoms with Crippen LogP contribution < -0.4 is 11.1 Å². The molecule has 0 unspecified atom stereocenters. The molecule has 1 aromatic carbocycles. The standard InChI is InChI=1S/C13H21F2N3O/c1-18(2)6-8-19-7-5-17-12-4-3-10(16)9-11(12)13(14)15/h3-4,9,13,17H,5-8,16H2,1-2H3. The van der Waals surface area contributed by atoms with E-state index < -0.39 is 6.43 Å². The van der Waals surface area contributed by atoms with Crippen molar-refractivity contribution in [3.05, 3.63) is 23.8 Å². The lowest BCUT2D eigenvalue weighted by Crippen LogP contribution is -2.20. The molecule has 0 radical (unpaired) electrons. The number of hydrogen-bond donors (Lipinski definition) is 2. The molecule has 0 saturated carbocycles. The van der Waals surface area contributed by atoms with Gasteiger partial charge in [0.2, 0.25) is 0 Å². The van der Waals surface area contributed by atoms with Crippen molar-refractivity contribution in [2.24, 2.45) is 0 Å². The molecule has 108 valence electrons. The molecule has 0 heterocycles. The SMILES string of the molecule is CN(C)CCOCCNc1ccc(N)cc1C(F)F. The Morgan fingerprint density at radius 1 is 1.32 bits per heavy atom. The van der Waals surface area contributed by atoms with Gasteiger partial charge in [0.25, 0.3) is 6.43 Å². The lowest BCUT2D eigenvalue weighted by molar-refractivity contribution is 0.126. The minimum Gasteiger partial charge on any atom is -0.399 e. The van der Waals surface area contributed by atoms with Gasteiger partial charge in [-0.3, -0.25) is 0 Å². The molecule has 6 heteroatoms. The van der Waals surface area contributed by atoms with Crippen LogP contribution in [0.1, 0.15) is 12.0 Å². The van der Waals surface area contributed by atoms with Crippen LogP contribution in [0.3, 0.4) is 0 Å². The summed E-state index contributed by atoms with van der Waals surface area (Å²) in [6, 6.07) is 4.46. The van der Waals surface area contributed by atoms with E-state index in [1.165, 1.54) is 6.07 Å². The summed E-state index contributed by atoms with van der Waals surface area (Å²) in [6.07, 6.45) is -2.54. The first kappa shape index (κ1) is 15.7. The van der Waals surface area contributed by atoms with Gasteiger partial charge in [0.05, 0.1) is 13.2 Å². The second-order valence-corrected chi connectivity index (χ2v) is 4.49. The number of halogens is 2. The Labute approximate surface area is 112 Å². The monoisotopic (exact) mass is 273 g/mol. The molecule has 0 aliphatic carbocycles. The van der Waals surface area contributed by atoms with Crippen molar-refractivity contribution in [1.29, 1.82) is 0 Å². The number of rotatable bonds is 8. The quantitative estimate of drug-likeness (QED) is 0.563. The Hall–Kier alpha value is -1.40. The zero-order valence-corrected chi connectivity index (χ0v) is 11.3. The van der Waals surface area contributed by atoms with E-state index in [9.17, 15) is 8.78 Å². The van der Waals surface area contributed by atoms with Crippen LogP contribution in [0.25, 0.3) is 0 Å². The van der Waals surface area contributed by atoms with Crippen LogP contribution in [-0.4, -0.2) is 45.3 Å². The summed E-state index contributed by atoms with van der Waals surface area (Å²) in [5, 5.41) is 2.94. The maximum atomic E-state index is 12.8. The number of ether oxygens (including phenoxy) is 1. The zero-order chi connectivity index (χ0) is 14.3. The summed E-state index contributed by atoms with van der Waals surface area (Å²) in [6.45, 7) is 2.42. The van der Waals surface area contributed by atoms with E-state index in [4.69, 9.17) is 10.5 Å². The molecule has 0 aromatic heterocycles. The van der Waals surface area contributed by atoms with Crippen molar-refractivity contribution in [2.45, 2.75) is 6.43 Å². The molecule has 1 rings (SSSR count). The van der Waals surface area contributed by atoms with Crippen molar-refractivity contribution in [3.63, 3.8) is 0 Å². The highest BCUT2D eigenvalue weighted by molar-refractivity contribution is 5.58. The lowest BCUT2D eigenvalue weighted by Gasteiger charge is -2.13. The van der Waals surface area contributed by atoms with Crippen LogP contribution in [0, 0.1) is 0 Å². The number of hydrogen-bond acceptors (Lipinski definition) is 4. The predicted octanol–water partition coefficient (Wildman–Crippen LogP) is 2.20. The topological polar surface area (TPSA) is 50.5 Å². The number of nitrogens with zero attached hydrogens (tertiary/aromatic N) is 1. The minimum absolute atomic E-state index is 0.0757. The molecule has 0 aliphatic rings. The third-order valence-corrected chi connectivity index (χ3v) is 2.56. The Balaban J connectivity index is 2.37. The predicted molar refractivity (Wildman–Crippen MR) is 73.7 cm³/mol. The van der Waals surface area contributed by atoms with Crippen molar-refractivity contribution in [3.8, 4) is 0 Å². The second-order valence-electron chi connectivity index (χ2n) is 4.49. The molecule has 0 atom stereocenters. The number of likely N-dealkylation sites (N-methyl/N-ethyl adjacent to an activating group) is 1. The molecule has 0 amide bonds. The number of nitrogens with two attached hydrogens (primary N) is 1. The third-order valence-electron chi connectivity index (χ3n) is 2.56. The minimum atomic E-state index is -2.54. The molecular weight excluding hydrogens is 252 g/mol. The molecule has 0 aliphatic heterocycles. The van der Waals surface area contributed by atoms with Crippen LogP contribution in [0.2, 0.25) is 0 Å². The Bertz CT molecular complexity index is 386. The number of nitrogens with one attached hydrogen (secondary N) is 1. The van der Waals surface area contributed by atoms with Gasteiger partial charge in [0, 0.05) is 30.0 Å². The van der Waals surface area contributed by atoms with Gasteiger partial charge in [-0.1, -0.05) is 0 Å². The van der Waals surface area contributed by atoms with Gasteiger partial charge in [0.15, 0.2) is 0 Å². The molecule has 0 fully saturated rings. The van der Waals surface area contributed by atoms with Crippen LogP contribution in [0.15, 0.2) is 18.2 Å². The number of alkyl halides is 2. The van der Waals surface area contributed by atoms with Crippen LogP contribution in [0.4, 0.5) is 20.2 Å². The van der Waals surface area contributed by atoms with E-state index in [0.717, 1.165) is 6.54 Å². The molecule has 0 saturated heterocycles. The largest absolute Gasteiger partial charge is 0.399 e. The summed E-state index contributed by atoms with van der Waals surface area (Å²) in [4.78, 5) is 2.02. The van der Waals surface area contributed by atoms with Crippen LogP contribution >= 0.6 is 0 Å². The first-order chi connectivity index (χ1) is 9.00. The molecular formula is C13H21F2N3O. The van der Waals surface area contributed by atoms with Gasteiger partial charge in [-0.15, -0.1) is 0 Å². The normalized spacial score (nSPS) is 11.3. The van der Waals surface area contributed by atoms with E-state index in [1.807, 2.05) is 19.0 Å². The maximum absolute atomic E-state index is 12.8. The number of anilines is 2. The van der Waals surface area contributed by atoms with Crippen molar-refractivity contribution in [2.75, 3.05) is 51.4 Å². The average Bonchev–Trinajstić information content (AvgIpc) is 2.34. The van der Waals surface area contributed by atoms with E-state index in [0.29, 0.717) is 31.1 Å². The maximum Gasteiger partial charge on any atom is 0.265 e. The Kier molecular flexibility index (Phi) is 6.52. The van der Waals surface area contributed by atoms with Gasteiger partial charge < -0.3 is 20.7 Å².